The van der Waals surface area contributed by atoms with E-state index >= 15 is 0 Å². The van der Waals surface area contributed by atoms with Crippen molar-refractivity contribution in [3.8, 4) is 0 Å². The number of hydrogen-bond donors (Lipinski definition) is 1. The molecule has 0 radical (unpaired) electrons. The highest BCUT2D eigenvalue weighted by atomic mass is 16.4. The fourth-order valence-corrected chi connectivity index (χ4v) is 2.65. The second-order valence-corrected chi connectivity index (χ2v) is 4.86. The zero-order valence-electron chi connectivity index (χ0n) is 10.5. The standard InChI is InChI=1S/C13H25NO2/c1-2-10-14(11-13(15)16)12-8-6-4-3-5-7-9-12/h12H,2-11H2,1H3,(H,15,16). The van der Waals surface area contributed by atoms with Crippen LogP contribution in [-0.2, 0) is 4.79 Å². The molecule has 0 aromatic heterocycles. The largest absolute Gasteiger partial charge is 0.480 e. The first-order chi connectivity index (χ1) is 7.74. The molecular weight excluding hydrogens is 202 g/mol. The van der Waals surface area contributed by atoms with Crippen molar-refractivity contribution in [2.75, 3.05) is 13.1 Å². The molecule has 1 aliphatic rings. The summed E-state index contributed by atoms with van der Waals surface area (Å²) in [6.07, 6.45) is 9.96. The van der Waals surface area contributed by atoms with E-state index < -0.39 is 5.97 Å². The predicted molar refractivity (Wildman–Crippen MR) is 65.6 cm³/mol. The van der Waals surface area contributed by atoms with Gasteiger partial charge in [-0.25, -0.2) is 0 Å². The Morgan fingerprint density at radius 2 is 1.75 bits per heavy atom. The number of rotatable bonds is 5. The molecule has 0 aromatic carbocycles. The molecule has 0 aliphatic heterocycles. The zero-order valence-corrected chi connectivity index (χ0v) is 10.5. The Morgan fingerprint density at radius 3 is 2.25 bits per heavy atom. The third-order valence-corrected chi connectivity index (χ3v) is 3.44. The van der Waals surface area contributed by atoms with Gasteiger partial charge in [-0.3, -0.25) is 9.69 Å². The lowest BCUT2D eigenvalue weighted by Gasteiger charge is -2.31. The van der Waals surface area contributed by atoms with Crippen LogP contribution in [0.4, 0.5) is 0 Å². The average Bonchev–Trinajstić information content (AvgIpc) is 2.15. The molecule has 0 unspecified atom stereocenters. The molecule has 0 amide bonds. The highest BCUT2D eigenvalue weighted by Gasteiger charge is 2.20. The zero-order chi connectivity index (χ0) is 11.8. The molecule has 1 aliphatic carbocycles. The maximum absolute atomic E-state index is 10.8. The van der Waals surface area contributed by atoms with Crippen molar-refractivity contribution in [2.45, 2.75) is 64.3 Å². The molecule has 1 fully saturated rings. The van der Waals surface area contributed by atoms with Gasteiger partial charge in [0.25, 0.3) is 0 Å². The summed E-state index contributed by atoms with van der Waals surface area (Å²) in [4.78, 5) is 13.0. The van der Waals surface area contributed by atoms with E-state index in [4.69, 9.17) is 5.11 Å². The van der Waals surface area contributed by atoms with Crippen molar-refractivity contribution in [1.82, 2.24) is 4.90 Å². The van der Waals surface area contributed by atoms with Crippen molar-refractivity contribution >= 4 is 5.97 Å². The summed E-state index contributed by atoms with van der Waals surface area (Å²) in [5.41, 5.74) is 0. The summed E-state index contributed by atoms with van der Waals surface area (Å²) in [5.74, 6) is -0.685. The van der Waals surface area contributed by atoms with Gasteiger partial charge in [-0.15, -0.1) is 0 Å². The van der Waals surface area contributed by atoms with Gasteiger partial charge in [0, 0.05) is 6.04 Å². The Labute approximate surface area is 98.8 Å². The van der Waals surface area contributed by atoms with Crippen LogP contribution in [-0.4, -0.2) is 35.1 Å². The molecule has 3 heteroatoms. The summed E-state index contributed by atoms with van der Waals surface area (Å²) in [7, 11) is 0. The highest BCUT2D eigenvalue weighted by Crippen LogP contribution is 2.21. The number of nitrogens with zero attached hydrogens (tertiary/aromatic N) is 1. The first-order valence-electron chi connectivity index (χ1n) is 6.70. The Kier molecular flexibility index (Phi) is 6.46. The molecule has 0 heterocycles. The molecule has 3 nitrogen and oxygen atoms in total. The van der Waals surface area contributed by atoms with Crippen molar-refractivity contribution in [3.05, 3.63) is 0 Å². The Balaban J connectivity index is 2.48. The summed E-state index contributed by atoms with van der Waals surface area (Å²) in [6, 6.07) is 0.511. The van der Waals surface area contributed by atoms with Crippen LogP contribution in [0, 0.1) is 0 Å². The number of carbonyl (C=O) groups is 1. The SMILES string of the molecule is CCCN(CC(=O)O)C1CCCCCCC1. The fraction of sp³-hybridized carbons (Fsp3) is 0.923. The first kappa shape index (κ1) is 13.5. The molecule has 1 rings (SSSR count). The number of carboxylic acid groups (broad SMARTS) is 1. The van der Waals surface area contributed by atoms with Gasteiger partial charge < -0.3 is 5.11 Å². The smallest absolute Gasteiger partial charge is 0.317 e. The second-order valence-electron chi connectivity index (χ2n) is 4.86. The summed E-state index contributed by atoms with van der Waals surface area (Å²) in [6.45, 7) is 3.27. The van der Waals surface area contributed by atoms with Gasteiger partial charge in [-0.1, -0.05) is 39.0 Å². The molecule has 16 heavy (non-hydrogen) atoms. The Morgan fingerprint density at radius 1 is 1.19 bits per heavy atom. The Hall–Kier alpha value is -0.570. The number of carboxylic acids is 1. The molecule has 0 spiro atoms. The van der Waals surface area contributed by atoms with Crippen LogP contribution in [0.25, 0.3) is 0 Å². The van der Waals surface area contributed by atoms with E-state index in [2.05, 4.69) is 11.8 Å². The normalized spacial score (nSPS) is 19.4. The van der Waals surface area contributed by atoms with Gasteiger partial charge in [0.2, 0.25) is 0 Å². The maximum Gasteiger partial charge on any atom is 0.317 e. The highest BCUT2D eigenvalue weighted by molar-refractivity contribution is 5.69. The van der Waals surface area contributed by atoms with Crippen LogP contribution in [0.1, 0.15) is 58.3 Å². The monoisotopic (exact) mass is 227 g/mol. The second kappa shape index (κ2) is 7.66. The van der Waals surface area contributed by atoms with Crippen molar-refractivity contribution < 1.29 is 9.90 Å². The minimum absolute atomic E-state index is 0.221. The lowest BCUT2D eigenvalue weighted by Crippen LogP contribution is -2.40. The molecule has 94 valence electrons. The molecule has 1 saturated carbocycles. The predicted octanol–water partition coefficient (Wildman–Crippen LogP) is 2.90. The average molecular weight is 227 g/mol. The van der Waals surface area contributed by atoms with E-state index in [1.54, 1.807) is 0 Å². The summed E-state index contributed by atoms with van der Waals surface area (Å²) in [5, 5.41) is 8.93. The van der Waals surface area contributed by atoms with E-state index in [0.29, 0.717) is 6.04 Å². The fourth-order valence-electron chi connectivity index (χ4n) is 2.65. The van der Waals surface area contributed by atoms with E-state index in [1.165, 1.54) is 44.9 Å². The van der Waals surface area contributed by atoms with Gasteiger partial charge in [-0.05, 0) is 25.8 Å². The van der Waals surface area contributed by atoms with Crippen LogP contribution < -0.4 is 0 Å². The first-order valence-corrected chi connectivity index (χ1v) is 6.70. The quantitative estimate of drug-likeness (QED) is 0.785. The lowest BCUT2D eigenvalue weighted by atomic mass is 9.95. The van der Waals surface area contributed by atoms with Gasteiger partial charge in [-0.2, -0.15) is 0 Å². The number of aliphatic carboxylic acids is 1. The summed E-state index contributed by atoms with van der Waals surface area (Å²) < 4.78 is 0. The minimum atomic E-state index is -0.685. The third-order valence-electron chi connectivity index (χ3n) is 3.44. The van der Waals surface area contributed by atoms with Gasteiger partial charge in [0.05, 0.1) is 6.54 Å². The van der Waals surface area contributed by atoms with E-state index in [9.17, 15) is 4.79 Å². The van der Waals surface area contributed by atoms with Crippen LogP contribution in [0.2, 0.25) is 0 Å². The lowest BCUT2D eigenvalue weighted by molar-refractivity contribution is -0.139. The molecule has 0 aromatic rings. The third kappa shape index (κ3) is 4.97. The molecular formula is C13H25NO2. The van der Waals surface area contributed by atoms with E-state index in [1.807, 2.05) is 0 Å². The van der Waals surface area contributed by atoms with Crippen LogP contribution in [0.5, 0.6) is 0 Å². The van der Waals surface area contributed by atoms with Gasteiger partial charge in [0.15, 0.2) is 0 Å². The molecule has 0 atom stereocenters. The van der Waals surface area contributed by atoms with Gasteiger partial charge >= 0.3 is 5.97 Å². The van der Waals surface area contributed by atoms with Crippen molar-refractivity contribution in [2.24, 2.45) is 0 Å². The molecule has 0 bridgehead atoms. The topological polar surface area (TPSA) is 40.5 Å². The van der Waals surface area contributed by atoms with E-state index in [0.717, 1.165) is 13.0 Å². The summed E-state index contributed by atoms with van der Waals surface area (Å²) >= 11 is 0. The molecule has 0 saturated heterocycles. The van der Waals surface area contributed by atoms with Crippen molar-refractivity contribution in [1.29, 1.82) is 0 Å². The maximum atomic E-state index is 10.8. The van der Waals surface area contributed by atoms with Crippen LogP contribution in [0.3, 0.4) is 0 Å². The Bertz CT molecular complexity index is 198. The van der Waals surface area contributed by atoms with Gasteiger partial charge in [0.1, 0.15) is 0 Å². The van der Waals surface area contributed by atoms with Crippen LogP contribution >= 0.6 is 0 Å². The van der Waals surface area contributed by atoms with Crippen LogP contribution in [0.15, 0.2) is 0 Å². The molecule has 1 N–H and O–H groups in total. The van der Waals surface area contributed by atoms with E-state index in [-0.39, 0.29) is 6.54 Å². The minimum Gasteiger partial charge on any atom is -0.480 e. The van der Waals surface area contributed by atoms with Crippen molar-refractivity contribution in [3.63, 3.8) is 0 Å². The number of hydrogen-bond acceptors (Lipinski definition) is 2.